The number of fused-ring (bicyclic) bond motifs is 1. The molecule has 1 aliphatic rings. The van der Waals surface area contributed by atoms with Crippen LogP contribution in [0.5, 0.6) is 0 Å². The van der Waals surface area contributed by atoms with Crippen LogP contribution in [0.2, 0.25) is 0 Å². The van der Waals surface area contributed by atoms with Gasteiger partial charge in [0.15, 0.2) is 0 Å². The largest absolute Gasteiger partial charge is 0.353 e. The summed E-state index contributed by atoms with van der Waals surface area (Å²) >= 11 is 0. The third-order valence-corrected chi connectivity index (χ3v) is 8.05. The summed E-state index contributed by atoms with van der Waals surface area (Å²) in [7, 11) is -1.63. The Morgan fingerprint density at radius 3 is 2.64 bits per heavy atom. The minimum atomic E-state index is -3.31. The van der Waals surface area contributed by atoms with E-state index < -0.39 is 10.0 Å². The smallest absolute Gasteiger partial charge is 0.242 e. The van der Waals surface area contributed by atoms with E-state index in [0.717, 1.165) is 35.1 Å². The normalized spacial score (nSPS) is 16.5. The third kappa shape index (κ3) is 4.84. The molecule has 0 radical (unpaired) electrons. The van der Waals surface area contributed by atoms with E-state index in [9.17, 15) is 13.2 Å². The molecule has 3 heterocycles. The van der Waals surface area contributed by atoms with Gasteiger partial charge in [-0.05, 0) is 42.9 Å². The van der Waals surface area contributed by atoms with Crippen LogP contribution in [0.25, 0.3) is 22.3 Å². The Bertz CT molecular complexity index is 1280. The van der Waals surface area contributed by atoms with Gasteiger partial charge in [-0.25, -0.2) is 8.42 Å². The fourth-order valence-corrected chi connectivity index (χ4v) is 5.87. The van der Waals surface area contributed by atoms with Crippen LogP contribution >= 0.6 is 0 Å². The molecule has 1 amide bonds. The van der Waals surface area contributed by atoms with Gasteiger partial charge in [0.2, 0.25) is 15.9 Å². The van der Waals surface area contributed by atoms with Gasteiger partial charge >= 0.3 is 0 Å². The molecule has 3 aromatic rings. The maximum atomic E-state index is 12.7. The summed E-state index contributed by atoms with van der Waals surface area (Å²) in [4.78, 5) is 17.7. The fourth-order valence-electron chi connectivity index (χ4n) is 4.40. The number of hydrogen-bond donors (Lipinski definition) is 2. The van der Waals surface area contributed by atoms with Crippen LogP contribution in [0.1, 0.15) is 45.4 Å². The standard InChI is InChI=1S/C24H33N5O3S/c1-6-18-21(14-24(2,3)4)26-27-23(18)20-12-16-8-9-17(13-19(16)25-20)28(5)22(30)15-29-10-7-11-33(29,31)32/h8-9,12-13,25H,6-7,10-11,14-15H2,1-5H3,(H,26,27). The molecule has 33 heavy (non-hydrogen) atoms. The van der Waals surface area contributed by atoms with Crippen LogP contribution in [-0.4, -0.2) is 59.7 Å². The predicted octanol–water partition coefficient (Wildman–Crippen LogP) is 3.71. The highest BCUT2D eigenvalue weighted by Gasteiger charge is 2.31. The lowest BCUT2D eigenvalue weighted by Crippen LogP contribution is -2.39. The molecule has 1 fully saturated rings. The second-order valence-corrected chi connectivity index (χ2v) is 12.1. The number of aromatic nitrogens is 3. The van der Waals surface area contributed by atoms with Gasteiger partial charge in [-0.15, -0.1) is 0 Å². The highest BCUT2D eigenvalue weighted by atomic mass is 32.2. The first kappa shape index (κ1) is 23.5. The lowest BCUT2D eigenvalue weighted by atomic mass is 9.88. The second-order valence-electron chi connectivity index (χ2n) is 10.0. The summed E-state index contributed by atoms with van der Waals surface area (Å²) in [5.74, 6) is -0.134. The Balaban J connectivity index is 1.59. The van der Waals surface area contributed by atoms with Crippen LogP contribution in [-0.2, 0) is 27.7 Å². The van der Waals surface area contributed by atoms with Gasteiger partial charge < -0.3 is 9.88 Å². The van der Waals surface area contributed by atoms with Crippen LogP contribution in [0.15, 0.2) is 24.3 Å². The first-order valence-electron chi connectivity index (χ1n) is 11.4. The number of nitrogens with zero attached hydrogens (tertiary/aromatic N) is 3. The van der Waals surface area contributed by atoms with Crippen LogP contribution in [0.3, 0.4) is 0 Å². The average molecular weight is 472 g/mol. The van der Waals surface area contributed by atoms with Gasteiger partial charge in [0.25, 0.3) is 0 Å². The van der Waals surface area contributed by atoms with E-state index in [1.54, 1.807) is 7.05 Å². The molecule has 1 aromatic carbocycles. The van der Waals surface area contributed by atoms with Crippen LogP contribution in [0.4, 0.5) is 5.69 Å². The molecule has 4 rings (SSSR count). The minimum absolute atomic E-state index is 0.117. The van der Waals surface area contributed by atoms with Gasteiger partial charge in [0.05, 0.1) is 18.0 Å². The molecule has 0 aliphatic carbocycles. The molecular formula is C24H33N5O3S. The van der Waals surface area contributed by atoms with E-state index in [-0.39, 0.29) is 23.6 Å². The van der Waals surface area contributed by atoms with Gasteiger partial charge in [-0.3, -0.25) is 9.89 Å². The van der Waals surface area contributed by atoms with Crippen molar-refractivity contribution >= 4 is 32.5 Å². The molecule has 2 N–H and O–H groups in total. The number of sulfonamides is 1. The summed E-state index contributed by atoms with van der Waals surface area (Å²) in [6, 6.07) is 7.85. The van der Waals surface area contributed by atoms with Crippen molar-refractivity contribution in [2.24, 2.45) is 5.41 Å². The van der Waals surface area contributed by atoms with Gasteiger partial charge in [0, 0.05) is 41.4 Å². The number of H-pyrrole nitrogens is 2. The van der Waals surface area contributed by atoms with E-state index in [1.165, 1.54) is 20.5 Å². The first-order valence-corrected chi connectivity index (χ1v) is 13.0. The predicted molar refractivity (Wildman–Crippen MR) is 132 cm³/mol. The number of rotatable bonds is 6. The molecule has 0 unspecified atom stereocenters. The summed E-state index contributed by atoms with van der Waals surface area (Å²) in [5.41, 5.74) is 6.03. The zero-order valence-electron chi connectivity index (χ0n) is 20.0. The molecule has 0 bridgehead atoms. The molecule has 2 aromatic heterocycles. The van der Waals surface area contributed by atoms with E-state index in [0.29, 0.717) is 18.7 Å². The summed E-state index contributed by atoms with van der Waals surface area (Å²) < 4.78 is 25.4. The number of amides is 1. The van der Waals surface area contributed by atoms with Crippen LogP contribution < -0.4 is 4.90 Å². The number of anilines is 1. The number of carbonyl (C=O) groups is 1. The molecule has 9 heteroatoms. The van der Waals surface area contributed by atoms with Crippen LogP contribution in [0, 0.1) is 5.41 Å². The number of nitrogens with one attached hydrogen (secondary N) is 2. The Kier molecular flexibility index (Phi) is 6.13. The van der Waals surface area contributed by atoms with Crippen molar-refractivity contribution in [3.05, 3.63) is 35.5 Å². The second kappa shape index (κ2) is 8.61. The monoisotopic (exact) mass is 471 g/mol. The van der Waals surface area contributed by atoms with Gasteiger partial charge in [-0.2, -0.15) is 9.40 Å². The zero-order chi connectivity index (χ0) is 24.0. The molecule has 178 valence electrons. The Morgan fingerprint density at radius 2 is 2.00 bits per heavy atom. The molecule has 0 saturated carbocycles. The fraction of sp³-hybridized carbons (Fsp3) is 0.500. The average Bonchev–Trinajstić information content (AvgIpc) is 3.41. The summed E-state index contributed by atoms with van der Waals surface area (Å²) in [5, 5.41) is 8.87. The Labute approximate surface area is 195 Å². The van der Waals surface area contributed by atoms with E-state index in [4.69, 9.17) is 0 Å². The molecule has 0 spiro atoms. The highest BCUT2D eigenvalue weighted by molar-refractivity contribution is 7.89. The van der Waals surface area contributed by atoms with Crippen molar-refractivity contribution < 1.29 is 13.2 Å². The quantitative estimate of drug-likeness (QED) is 0.572. The molecule has 8 nitrogen and oxygen atoms in total. The maximum absolute atomic E-state index is 12.7. The molecule has 1 aliphatic heterocycles. The van der Waals surface area contributed by atoms with Gasteiger partial charge in [-0.1, -0.05) is 33.8 Å². The number of carbonyl (C=O) groups excluding carboxylic acids is 1. The lowest BCUT2D eigenvalue weighted by Gasteiger charge is -2.21. The SMILES string of the molecule is CCc1c(-c2cc3ccc(N(C)C(=O)CN4CCCS4(=O)=O)cc3[nH]2)n[nH]c1CC(C)(C)C. The maximum Gasteiger partial charge on any atom is 0.242 e. The third-order valence-electron chi connectivity index (χ3n) is 6.15. The first-order chi connectivity index (χ1) is 15.5. The van der Waals surface area contributed by atoms with Crippen molar-refractivity contribution in [1.29, 1.82) is 0 Å². The minimum Gasteiger partial charge on any atom is -0.353 e. The van der Waals surface area contributed by atoms with Crippen molar-refractivity contribution in [2.45, 2.75) is 47.0 Å². The molecular weight excluding hydrogens is 438 g/mol. The summed E-state index contributed by atoms with van der Waals surface area (Å²) in [6.07, 6.45) is 2.38. The number of aromatic amines is 2. The zero-order valence-corrected chi connectivity index (χ0v) is 20.8. The van der Waals surface area contributed by atoms with E-state index in [1.807, 2.05) is 18.2 Å². The Hall–Kier alpha value is -2.65. The van der Waals surface area contributed by atoms with E-state index in [2.05, 4.69) is 48.9 Å². The molecule has 0 atom stereocenters. The number of likely N-dealkylation sites (N-methyl/N-ethyl adjacent to an activating group) is 1. The van der Waals surface area contributed by atoms with Crippen molar-refractivity contribution in [2.75, 3.05) is 30.8 Å². The number of hydrogen-bond acceptors (Lipinski definition) is 4. The van der Waals surface area contributed by atoms with Gasteiger partial charge in [0.1, 0.15) is 5.69 Å². The number of benzene rings is 1. The highest BCUT2D eigenvalue weighted by Crippen LogP contribution is 2.31. The topological polar surface area (TPSA) is 102 Å². The van der Waals surface area contributed by atoms with Crippen molar-refractivity contribution in [3.8, 4) is 11.4 Å². The van der Waals surface area contributed by atoms with Crippen molar-refractivity contribution in [1.82, 2.24) is 19.5 Å². The lowest BCUT2D eigenvalue weighted by molar-refractivity contribution is -0.118. The van der Waals surface area contributed by atoms with Crippen molar-refractivity contribution in [3.63, 3.8) is 0 Å². The molecule has 1 saturated heterocycles. The van der Waals surface area contributed by atoms with E-state index >= 15 is 0 Å². The Morgan fingerprint density at radius 1 is 1.24 bits per heavy atom. The summed E-state index contributed by atoms with van der Waals surface area (Å²) in [6.45, 7) is 9.07.